The van der Waals surface area contributed by atoms with E-state index in [1.54, 1.807) is 23.2 Å². The molecule has 0 radical (unpaired) electrons. The minimum atomic E-state index is -4.51. The van der Waals surface area contributed by atoms with Gasteiger partial charge in [0.25, 0.3) is 5.91 Å². The molecule has 1 N–H and O–H groups in total. The number of rotatable bonds is 3. The number of amides is 1. The van der Waals surface area contributed by atoms with Gasteiger partial charge in [0.15, 0.2) is 5.69 Å². The van der Waals surface area contributed by atoms with Crippen molar-refractivity contribution in [3.05, 3.63) is 65.7 Å². The zero-order valence-electron chi connectivity index (χ0n) is 20.5. The summed E-state index contributed by atoms with van der Waals surface area (Å²) in [6.07, 6.45) is 1.44. The number of alkyl halides is 3. The summed E-state index contributed by atoms with van der Waals surface area (Å²) in [6.45, 7) is 2.12. The number of carbonyl (C=O) groups is 1. The fraction of sp³-hybridized carbons (Fsp3) is 0.407. The van der Waals surface area contributed by atoms with Crippen molar-refractivity contribution in [3.63, 3.8) is 0 Å². The van der Waals surface area contributed by atoms with E-state index >= 15 is 0 Å². The normalized spacial score (nSPS) is 20.5. The number of nitrogens with zero attached hydrogens (tertiary/aromatic N) is 5. The highest BCUT2D eigenvalue weighted by atomic mass is 19.4. The lowest BCUT2D eigenvalue weighted by Gasteiger charge is -2.39. The van der Waals surface area contributed by atoms with Crippen molar-refractivity contribution in [1.29, 1.82) is 0 Å². The Balaban J connectivity index is 1.10. The number of anilines is 1. The number of hydrogen-bond acceptors (Lipinski definition) is 7. The van der Waals surface area contributed by atoms with Gasteiger partial charge in [-0.05, 0) is 24.6 Å². The molecule has 2 aromatic heterocycles. The van der Waals surface area contributed by atoms with Gasteiger partial charge in [-0.25, -0.2) is 9.97 Å². The number of pyridine rings is 1. The molecule has 0 saturated carbocycles. The van der Waals surface area contributed by atoms with Crippen LogP contribution in [-0.2, 0) is 12.6 Å². The summed E-state index contributed by atoms with van der Waals surface area (Å²) >= 11 is 0. The number of aromatic nitrogens is 3. The third-order valence-corrected chi connectivity index (χ3v) is 7.59. The second kappa shape index (κ2) is 9.23. The molecule has 1 spiro atoms. The van der Waals surface area contributed by atoms with Crippen LogP contribution in [0.25, 0.3) is 11.3 Å². The number of carbonyl (C=O) groups excluding carboxylic acids is 1. The van der Waals surface area contributed by atoms with Gasteiger partial charge in [-0.1, -0.05) is 12.1 Å². The van der Waals surface area contributed by atoms with Crippen LogP contribution in [0.15, 0.2) is 48.9 Å². The van der Waals surface area contributed by atoms with Crippen molar-refractivity contribution in [2.75, 3.05) is 31.1 Å². The molecule has 3 aromatic rings. The first-order valence-electron chi connectivity index (χ1n) is 12.6. The van der Waals surface area contributed by atoms with Crippen molar-refractivity contribution in [1.82, 2.24) is 19.9 Å². The van der Waals surface area contributed by atoms with Crippen LogP contribution >= 0.6 is 0 Å². The molecular weight excluding hydrogens is 499 g/mol. The molecule has 0 aliphatic carbocycles. The minimum Gasteiger partial charge on any atom is -0.485 e. The first kappa shape index (κ1) is 24.6. The Morgan fingerprint density at radius 1 is 1.03 bits per heavy atom. The van der Waals surface area contributed by atoms with Crippen LogP contribution in [0.4, 0.5) is 19.0 Å². The van der Waals surface area contributed by atoms with Crippen LogP contribution in [-0.4, -0.2) is 68.7 Å². The van der Waals surface area contributed by atoms with Crippen LogP contribution in [0.2, 0.25) is 0 Å². The number of aliphatic hydroxyl groups excluding tert-OH is 1. The highest BCUT2D eigenvalue weighted by Crippen LogP contribution is 2.42. The van der Waals surface area contributed by atoms with E-state index in [0.717, 1.165) is 35.2 Å². The lowest BCUT2D eigenvalue weighted by Crippen LogP contribution is -2.47. The molecule has 38 heavy (non-hydrogen) atoms. The summed E-state index contributed by atoms with van der Waals surface area (Å²) in [7, 11) is 0. The van der Waals surface area contributed by atoms with Crippen LogP contribution < -0.4 is 9.64 Å². The van der Waals surface area contributed by atoms with E-state index in [1.807, 2.05) is 23.1 Å². The van der Waals surface area contributed by atoms with Gasteiger partial charge in [-0.3, -0.25) is 9.78 Å². The van der Waals surface area contributed by atoms with Crippen molar-refractivity contribution in [2.24, 2.45) is 0 Å². The molecule has 5 heterocycles. The van der Waals surface area contributed by atoms with Crippen molar-refractivity contribution in [2.45, 2.75) is 43.6 Å². The molecule has 3 aliphatic rings. The van der Waals surface area contributed by atoms with Gasteiger partial charge in [0.1, 0.15) is 17.2 Å². The van der Waals surface area contributed by atoms with E-state index in [-0.39, 0.29) is 11.5 Å². The van der Waals surface area contributed by atoms with Crippen LogP contribution in [0.1, 0.15) is 40.9 Å². The number of ether oxygens (including phenoxy) is 1. The molecule has 1 amide bonds. The first-order chi connectivity index (χ1) is 18.2. The van der Waals surface area contributed by atoms with Gasteiger partial charge in [0.05, 0.1) is 30.4 Å². The average Bonchev–Trinajstić information content (AvgIpc) is 3.51. The molecule has 1 atom stereocenters. The number of β-amino-alcohol motifs (C(OH)–C–C–N with tert-alkyl or cyclic N) is 1. The minimum absolute atomic E-state index is 0.0843. The van der Waals surface area contributed by atoms with Crippen LogP contribution in [0, 0.1) is 0 Å². The Morgan fingerprint density at radius 3 is 2.42 bits per heavy atom. The Morgan fingerprint density at radius 2 is 1.79 bits per heavy atom. The third-order valence-electron chi connectivity index (χ3n) is 7.59. The number of likely N-dealkylation sites (tertiary alicyclic amines) is 1. The fourth-order valence-electron chi connectivity index (χ4n) is 5.43. The zero-order chi connectivity index (χ0) is 26.5. The molecule has 1 unspecified atom stereocenters. The smallest absolute Gasteiger partial charge is 0.434 e. The van der Waals surface area contributed by atoms with Gasteiger partial charge in [0, 0.05) is 62.1 Å². The van der Waals surface area contributed by atoms with Crippen molar-refractivity contribution in [3.8, 4) is 17.0 Å². The summed E-state index contributed by atoms with van der Waals surface area (Å²) in [5.41, 5.74) is 1.94. The number of aliphatic hydroxyl groups is 1. The predicted octanol–water partition coefficient (Wildman–Crippen LogP) is 3.74. The maximum atomic E-state index is 12.8. The highest BCUT2D eigenvalue weighted by molar-refractivity contribution is 5.94. The monoisotopic (exact) mass is 525 g/mol. The summed E-state index contributed by atoms with van der Waals surface area (Å²) in [4.78, 5) is 28.3. The topological polar surface area (TPSA) is 91.7 Å². The number of halogens is 3. The lowest BCUT2D eigenvalue weighted by atomic mass is 9.87. The van der Waals surface area contributed by atoms with Crippen LogP contribution in [0.5, 0.6) is 5.75 Å². The number of benzene rings is 1. The molecule has 3 aliphatic heterocycles. The molecule has 198 valence electrons. The number of fused-ring (bicyclic) bond motifs is 1. The first-order valence-corrected chi connectivity index (χ1v) is 12.6. The lowest BCUT2D eigenvalue weighted by molar-refractivity contribution is -0.141. The molecule has 8 nitrogen and oxygen atoms in total. The number of piperidine rings is 1. The SMILES string of the molecule is O=C(c1ccc(-c2cc3c(cn2)OC2(CCN(c4cnc(C(F)(F)F)cn4)CC2)C3)cc1)N1CCC(O)C1. The van der Waals surface area contributed by atoms with Gasteiger partial charge < -0.3 is 19.6 Å². The van der Waals surface area contributed by atoms with E-state index in [4.69, 9.17) is 4.74 Å². The second-order valence-corrected chi connectivity index (χ2v) is 10.2. The van der Waals surface area contributed by atoms with Crippen LogP contribution in [0.3, 0.4) is 0 Å². The van der Waals surface area contributed by atoms with E-state index in [2.05, 4.69) is 15.0 Å². The molecule has 0 bridgehead atoms. The Hall–Kier alpha value is -3.73. The summed E-state index contributed by atoms with van der Waals surface area (Å²) in [6, 6.07) is 9.35. The Labute approximate surface area is 217 Å². The molecule has 6 rings (SSSR count). The largest absolute Gasteiger partial charge is 0.485 e. The van der Waals surface area contributed by atoms with Gasteiger partial charge >= 0.3 is 6.18 Å². The standard InChI is InChI=1S/C27H26F3N5O3/c28-27(29,30)23-14-33-24(15-32-23)34-9-6-26(7-10-34)12-19-11-21(31-13-22(19)38-26)17-1-3-18(4-2-17)25(37)35-8-5-20(36)16-35/h1-4,11,13-15,20,36H,5-10,12,16H2. The molecular formula is C27H26F3N5O3. The summed E-state index contributed by atoms with van der Waals surface area (Å²) in [5.74, 6) is 1.09. The average molecular weight is 526 g/mol. The van der Waals surface area contributed by atoms with E-state index in [9.17, 15) is 23.1 Å². The van der Waals surface area contributed by atoms with E-state index < -0.39 is 18.0 Å². The summed E-state index contributed by atoms with van der Waals surface area (Å²) in [5, 5.41) is 9.70. The third kappa shape index (κ3) is 4.66. The molecule has 2 saturated heterocycles. The molecule has 11 heteroatoms. The Bertz CT molecular complexity index is 1340. The van der Waals surface area contributed by atoms with Gasteiger partial charge in [-0.2, -0.15) is 13.2 Å². The van der Waals surface area contributed by atoms with Crippen molar-refractivity contribution >= 4 is 11.7 Å². The Kier molecular flexibility index (Phi) is 5.97. The van der Waals surface area contributed by atoms with Gasteiger partial charge in [0.2, 0.25) is 0 Å². The second-order valence-electron chi connectivity index (χ2n) is 10.2. The maximum Gasteiger partial charge on any atom is 0.434 e. The maximum absolute atomic E-state index is 12.8. The molecule has 1 aromatic carbocycles. The van der Waals surface area contributed by atoms with Gasteiger partial charge in [-0.15, -0.1) is 0 Å². The van der Waals surface area contributed by atoms with E-state index in [1.165, 1.54) is 6.20 Å². The molecule has 2 fully saturated rings. The quantitative estimate of drug-likeness (QED) is 0.557. The highest BCUT2D eigenvalue weighted by Gasteiger charge is 2.43. The predicted molar refractivity (Wildman–Crippen MR) is 132 cm³/mol. The zero-order valence-corrected chi connectivity index (χ0v) is 20.5. The summed E-state index contributed by atoms with van der Waals surface area (Å²) < 4.78 is 44.7. The number of hydrogen-bond donors (Lipinski definition) is 1. The van der Waals surface area contributed by atoms with Crippen molar-refractivity contribution < 1.29 is 27.8 Å². The fourth-order valence-corrected chi connectivity index (χ4v) is 5.43. The van der Waals surface area contributed by atoms with E-state index in [0.29, 0.717) is 56.8 Å².